The van der Waals surface area contributed by atoms with Crippen molar-refractivity contribution < 1.29 is 4.52 Å². The van der Waals surface area contributed by atoms with Gasteiger partial charge in [-0.1, -0.05) is 34.6 Å². The normalized spacial score (nSPS) is 14.4. The zero-order chi connectivity index (χ0) is 17.2. The minimum Gasteiger partial charge on any atom is -0.360 e. The highest BCUT2D eigenvalue weighted by molar-refractivity contribution is 7.98. The molecule has 1 aromatic carbocycles. The van der Waals surface area contributed by atoms with Gasteiger partial charge in [-0.05, 0) is 38.0 Å². The molecule has 0 radical (unpaired) electrons. The Balaban J connectivity index is 1.68. The molecule has 1 saturated heterocycles. The summed E-state index contributed by atoms with van der Waals surface area (Å²) in [6, 6.07) is 9.72. The fourth-order valence-corrected chi connectivity index (χ4v) is 3.95. The van der Waals surface area contributed by atoms with Gasteiger partial charge in [0.2, 0.25) is 5.95 Å². The lowest BCUT2D eigenvalue weighted by molar-refractivity contribution is 0.391. The molecule has 0 saturated carbocycles. The molecule has 4 rings (SSSR count). The Bertz CT molecular complexity index is 872. The van der Waals surface area contributed by atoms with Crippen molar-refractivity contribution >= 4 is 29.3 Å². The van der Waals surface area contributed by atoms with E-state index in [1.807, 2.05) is 37.3 Å². The van der Waals surface area contributed by atoms with Crippen molar-refractivity contribution in [3.63, 3.8) is 0 Å². The van der Waals surface area contributed by atoms with Crippen molar-refractivity contribution in [2.24, 2.45) is 0 Å². The van der Waals surface area contributed by atoms with Crippen LogP contribution in [0.5, 0.6) is 0 Å². The molecular formula is C17H18ClN5OS. The third-order valence-corrected chi connectivity index (χ3v) is 5.28. The van der Waals surface area contributed by atoms with E-state index in [0.29, 0.717) is 10.8 Å². The second kappa shape index (κ2) is 7.09. The minimum absolute atomic E-state index is 0.652. The molecule has 0 atom stereocenters. The van der Waals surface area contributed by atoms with Crippen LogP contribution in [0.2, 0.25) is 5.02 Å². The zero-order valence-electron chi connectivity index (χ0n) is 13.9. The fourth-order valence-electron chi connectivity index (χ4n) is 2.94. The molecule has 3 heterocycles. The number of anilines is 1. The molecule has 130 valence electrons. The Labute approximate surface area is 155 Å². The maximum Gasteiger partial charge on any atom is 0.232 e. The summed E-state index contributed by atoms with van der Waals surface area (Å²) in [5, 5.41) is 14.3. The van der Waals surface area contributed by atoms with Crippen molar-refractivity contribution in [2.45, 2.75) is 30.7 Å². The zero-order valence-corrected chi connectivity index (χ0v) is 15.4. The highest BCUT2D eigenvalue weighted by atomic mass is 35.5. The smallest absolute Gasteiger partial charge is 0.232 e. The van der Waals surface area contributed by atoms with E-state index < -0.39 is 0 Å². The predicted molar refractivity (Wildman–Crippen MR) is 98.6 cm³/mol. The summed E-state index contributed by atoms with van der Waals surface area (Å²) in [5.41, 5.74) is 1.85. The first kappa shape index (κ1) is 16.5. The summed E-state index contributed by atoms with van der Waals surface area (Å²) in [6.07, 6.45) is 2.37. The Morgan fingerprint density at radius 1 is 1.20 bits per heavy atom. The van der Waals surface area contributed by atoms with E-state index in [0.717, 1.165) is 41.3 Å². The van der Waals surface area contributed by atoms with Crippen molar-refractivity contribution in [3.8, 4) is 5.69 Å². The van der Waals surface area contributed by atoms with Gasteiger partial charge in [0.25, 0.3) is 0 Å². The van der Waals surface area contributed by atoms with E-state index in [-0.39, 0.29) is 0 Å². The van der Waals surface area contributed by atoms with Crippen molar-refractivity contribution in [1.29, 1.82) is 0 Å². The SMILES string of the molecule is Cc1cc(CSc2nnc(N3CCCC3)n2-c2cccc(Cl)c2)on1. The van der Waals surface area contributed by atoms with Crippen LogP contribution in [0.3, 0.4) is 0 Å². The second-order valence-corrected chi connectivity index (χ2v) is 7.39. The van der Waals surface area contributed by atoms with E-state index in [1.165, 1.54) is 12.8 Å². The Kier molecular flexibility index (Phi) is 4.67. The average molecular weight is 376 g/mol. The molecule has 1 aliphatic heterocycles. The fraction of sp³-hybridized carbons (Fsp3) is 0.353. The molecular weight excluding hydrogens is 358 g/mol. The van der Waals surface area contributed by atoms with Gasteiger partial charge in [-0.15, -0.1) is 10.2 Å². The molecule has 0 spiro atoms. The molecule has 6 nitrogen and oxygen atoms in total. The van der Waals surface area contributed by atoms with Gasteiger partial charge in [-0.25, -0.2) is 0 Å². The Morgan fingerprint density at radius 2 is 2.04 bits per heavy atom. The summed E-state index contributed by atoms with van der Waals surface area (Å²) in [7, 11) is 0. The van der Waals surface area contributed by atoms with Crippen LogP contribution < -0.4 is 4.90 Å². The number of halogens is 1. The van der Waals surface area contributed by atoms with Crippen LogP contribution in [0, 0.1) is 6.92 Å². The second-order valence-electron chi connectivity index (χ2n) is 6.02. The predicted octanol–water partition coefficient (Wildman–Crippen LogP) is 4.11. The molecule has 3 aromatic rings. The van der Waals surface area contributed by atoms with Crippen LogP contribution in [0.25, 0.3) is 5.69 Å². The van der Waals surface area contributed by atoms with Crippen LogP contribution in [-0.4, -0.2) is 33.0 Å². The molecule has 0 unspecified atom stereocenters. The molecule has 1 aliphatic rings. The lowest BCUT2D eigenvalue weighted by atomic mass is 10.3. The third-order valence-electron chi connectivity index (χ3n) is 4.09. The number of aromatic nitrogens is 4. The quantitative estimate of drug-likeness (QED) is 0.625. The van der Waals surface area contributed by atoms with Gasteiger partial charge in [0.1, 0.15) is 5.76 Å². The van der Waals surface area contributed by atoms with Crippen molar-refractivity contribution in [2.75, 3.05) is 18.0 Å². The van der Waals surface area contributed by atoms with Crippen LogP contribution in [-0.2, 0) is 5.75 Å². The number of rotatable bonds is 5. The standard InChI is InChI=1S/C17H18ClN5OS/c1-12-9-15(24-21-12)11-25-17-20-19-16(22-7-2-3-8-22)23(17)14-6-4-5-13(18)10-14/h4-6,9-10H,2-3,7-8,11H2,1H3. The van der Waals surface area contributed by atoms with Gasteiger partial charge in [0.15, 0.2) is 5.16 Å². The first-order valence-electron chi connectivity index (χ1n) is 8.22. The number of hydrogen-bond donors (Lipinski definition) is 0. The number of hydrogen-bond acceptors (Lipinski definition) is 6. The first-order chi connectivity index (χ1) is 12.2. The number of benzene rings is 1. The van der Waals surface area contributed by atoms with E-state index >= 15 is 0 Å². The maximum atomic E-state index is 6.20. The molecule has 0 aliphatic carbocycles. The molecule has 8 heteroatoms. The molecule has 0 bridgehead atoms. The monoisotopic (exact) mass is 375 g/mol. The van der Waals surface area contributed by atoms with Gasteiger partial charge in [0, 0.05) is 24.2 Å². The lowest BCUT2D eigenvalue weighted by Gasteiger charge is -2.18. The molecule has 1 fully saturated rings. The van der Waals surface area contributed by atoms with Crippen LogP contribution in [0.15, 0.2) is 40.0 Å². The lowest BCUT2D eigenvalue weighted by Crippen LogP contribution is -2.22. The van der Waals surface area contributed by atoms with Gasteiger partial charge in [-0.3, -0.25) is 4.57 Å². The van der Waals surface area contributed by atoms with Crippen molar-refractivity contribution in [3.05, 3.63) is 46.8 Å². The highest BCUT2D eigenvalue weighted by Crippen LogP contribution is 2.31. The molecule has 0 amide bonds. The number of nitrogens with zero attached hydrogens (tertiary/aromatic N) is 5. The molecule has 0 N–H and O–H groups in total. The van der Waals surface area contributed by atoms with Crippen molar-refractivity contribution in [1.82, 2.24) is 19.9 Å². The molecule has 2 aromatic heterocycles. The summed E-state index contributed by atoms with van der Waals surface area (Å²) in [6.45, 7) is 3.92. The van der Waals surface area contributed by atoms with Gasteiger partial charge >= 0.3 is 0 Å². The van der Waals surface area contributed by atoms with Crippen LogP contribution >= 0.6 is 23.4 Å². The van der Waals surface area contributed by atoms with E-state index in [9.17, 15) is 0 Å². The van der Waals surface area contributed by atoms with Crippen LogP contribution in [0.4, 0.5) is 5.95 Å². The molecule has 25 heavy (non-hydrogen) atoms. The summed E-state index contributed by atoms with van der Waals surface area (Å²) < 4.78 is 7.37. The van der Waals surface area contributed by atoms with Gasteiger partial charge < -0.3 is 9.42 Å². The maximum absolute atomic E-state index is 6.20. The summed E-state index contributed by atoms with van der Waals surface area (Å²) in [5.74, 6) is 2.35. The summed E-state index contributed by atoms with van der Waals surface area (Å²) in [4.78, 5) is 2.27. The Hall–Kier alpha value is -1.99. The van der Waals surface area contributed by atoms with E-state index in [4.69, 9.17) is 16.1 Å². The number of thioether (sulfide) groups is 1. The minimum atomic E-state index is 0.652. The first-order valence-corrected chi connectivity index (χ1v) is 9.58. The van der Waals surface area contributed by atoms with Gasteiger partial charge in [-0.2, -0.15) is 0 Å². The van der Waals surface area contributed by atoms with Gasteiger partial charge in [0.05, 0.1) is 17.1 Å². The van der Waals surface area contributed by atoms with E-state index in [2.05, 4.69) is 24.8 Å². The van der Waals surface area contributed by atoms with Crippen LogP contribution in [0.1, 0.15) is 24.3 Å². The summed E-state index contributed by atoms with van der Waals surface area (Å²) >= 11 is 7.78. The largest absolute Gasteiger partial charge is 0.360 e. The highest BCUT2D eigenvalue weighted by Gasteiger charge is 2.22. The topological polar surface area (TPSA) is 60.0 Å². The Morgan fingerprint density at radius 3 is 2.76 bits per heavy atom. The number of aryl methyl sites for hydroxylation is 1. The average Bonchev–Trinajstić information content (AvgIpc) is 3.33. The third kappa shape index (κ3) is 3.52. The van der Waals surface area contributed by atoms with E-state index in [1.54, 1.807) is 11.8 Å².